The molecule has 0 aliphatic carbocycles. The summed E-state index contributed by atoms with van der Waals surface area (Å²) >= 11 is 1.88. The second kappa shape index (κ2) is 3.26. The largest absolute Gasteiger partial charge is 0.465 e. The topological polar surface area (TPSA) is 38.3 Å². The van der Waals surface area contributed by atoms with Crippen molar-refractivity contribution in [2.24, 2.45) is 0 Å². The molecule has 2 aliphatic heterocycles. The Labute approximate surface area is 76.2 Å². The number of carbonyl (C=O) groups is 1. The lowest BCUT2D eigenvalue weighted by atomic mass is 10.1. The van der Waals surface area contributed by atoms with E-state index in [9.17, 15) is 4.79 Å². The minimum atomic E-state index is -0.0720. The zero-order valence-corrected chi connectivity index (χ0v) is 7.89. The summed E-state index contributed by atoms with van der Waals surface area (Å²) in [6.45, 7) is 2.33. The first-order valence-electron chi connectivity index (χ1n) is 4.39. The number of hydrogen-bond donors (Lipinski definition) is 1. The monoisotopic (exact) mass is 187 g/mol. The number of esters is 1. The molecule has 0 amide bonds. The fourth-order valence-corrected chi connectivity index (χ4v) is 3.33. The van der Waals surface area contributed by atoms with Crippen molar-refractivity contribution in [3.8, 4) is 0 Å². The minimum absolute atomic E-state index is 0.0336. The zero-order chi connectivity index (χ0) is 8.55. The summed E-state index contributed by atoms with van der Waals surface area (Å²) in [5.74, 6) is -0.0720. The quantitative estimate of drug-likeness (QED) is 0.647. The van der Waals surface area contributed by atoms with Crippen molar-refractivity contribution in [1.82, 2.24) is 5.32 Å². The summed E-state index contributed by atoms with van der Waals surface area (Å²) in [5, 5.41) is 4.23. The van der Waals surface area contributed by atoms with Crippen LogP contribution in [0.5, 0.6) is 0 Å². The Hall–Kier alpha value is -0.220. The number of fused-ring (bicyclic) bond motifs is 2. The van der Waals surface area contributed by atoms with Crippen LogP contribution in [0.3, 0.4) is 0 Å². The first kappa shape index (κ1) is 8.38. The van der Waals surface area contributed by atoms with Gasteiger partial charge in [0.05, 0.1) is 12.0 Å². The third kappa shape index (κ3) is 1.33. The number of thioether (sulfide) groups is 1. The Bertz CT molecular complexity index is 197. The van der Waals surface area contributed by atoms with Crippen molar-refractivity contribution in [1.29, 1.82) is 0 Å². The molecule has 12 heavy (non-hydrogen) atoms. The van der Waals surface area contributed by atoms with Crippen molar-refractivity contribution in [2.75, 3.05) is 6.61 Å². The maximum atomic E-state index is 11.3. The van der Waals surface area contributed by atoms with E-state index in [1.165, 1.54) is 6.42 Å². The van der Waals surface area contributed by atoms with E-state index in [4.69, 9.17) is 4.74 Å². The van der Waals surface area contributed by atoms with E-state index < -0.39 is 0 Å². The van der Waals surface area contributed by atoms with Crippen molar-refractivity contribution in [3.63, 3.8) is 0 Å². The molecule has 2 bridgehead atoms. The van der Waals surface area contributed by atoms with Gasteiger partial charge in [0.2, 0.25) is 0 Å². The van der Waals surface area contributed by atoms with Crippen LogP contribution in [0.1, 0.15) is 19.8 Å². The third-order valence-electron chi connectivity index (χ3n) is 2.33. The van der Waals surface area contributed by atoms with Gasteiger partial charge in [-0.2, -0.15) is 0 Å². The van der Waals surface area contributed by atoms with E-state index in [0.717, 1.165) is 6.42 Å². The molecule has 2 fully saturated rings. The van der Waals surface area contributed by atoms with Gasteiger partial charge in [-0.15, -0.1) is 11.8 Å². The predicted octanol–water partition coefficient (Wildman–Crippen LogP) is 0.743. The van der Waals surface area contributed by atoms with Gasteiger partial charge in [0.1, 0.15) is 6.04 Å². The second-order valence-electron chi connectivity index (χ2n) is 3.14. The van der Waals surface area contributed by atoms with E-state index >= 15 is 0 Å². The molecular weight excluding hydrogens is 174 g/mol. The molecule has 0 aromatic carbocycles. The highest BCUT2D eigenvalue weighted by Gasteiger charge is 2.44. The maximum Gasteiger partial charge on any atom is 0.324 e. The number of nitrogens with one attached hydrogen (secondary N) is 1. The van der Waals surface area contributed by atoms with Gasteiger partial charge in [-0.05, 0) is 19.8 Å². The van der Waals surface area contributed by atoms with Crippen molar-refractivity contribution >= 4 is 17.7 Å². The van der Waals surface area contributed by atoms with Crippen LogP contribution in [0.4, 0.5) is 0 Å². The Morgan fingerprint density at radius 2 is 2.50 bits per heavy atom. The van der Waals surface area contributed by atoms with Crippen molar-refractivity contribution < 1.29 is 9.53 Å². The molecule has 0 aromatic heterocycles. The molecule has 0 unspecified atom stereocenters. The van der Waals surface area contributed by atoms with Crippen LogP contribution < -0.4 is 5.32 Å². The molecule has 2 heterocycles. The summed E-state index contributed by atoms with van der Waals surface area (Å²) in [6, 6.07) is -0.0336. The Morgan fingerprint density at radius 3 is 3.00 bits per heavy atom. The number of rotatable bonds is 2. The minimum Gasteiger partial charge on any atom is -0.465 e. The summed E-state index contributed by atoms with van der Waals surface area (Å²) < 4.78 is 4.96. The van der Waals surface area contributed by atoms with Crippen molar-refractivity contribution in [2.45, 2.75) is 36.4 Å². The third-order valence-corrected chi connectivity index (χ3v) is 3.89. The molecule has 3 atom stereocenters. The Kier molecular flexibility index (Phi) is 2.28. The molecule has 0 aromatic rings. The second-order valence-corrected chi connectivity index (χ2v) is 4.58. The molecule has 2 aliphatic rings. The van der Waals surface area contributed by atoms with E-state index in [1.54, 1.807) is 0 Å². The van der Waals surface area contributed by atoms with Crippen molar-refractivity contribution in [3.05, 3.63) is 0 Å². The molecule has 3 nitrogen and oxygen atoms in total. The Balaban J connectivity index is 1.93. The van der Waals surface area contributed by atoms with Crippen LogP contribution in [0.2, 0.25) is 0 Å². The standard InChI is InChI=1S/C8H13NO2S/c1-2-11-8(10)7-5-3-4-6(9-7)12-5/h5-7,9H,2-4H2,1H3/t5-,6+,7+/m1/s1. The molecule has 0 spiro atoms. The van der Waals surface area contributed by atoms with E-state index in [-0.39, 0.29) is 12.0 Å². The lowest BCUT2D eigenvalue weighted by molar-refractivity contribution is -0.145. The molecule has 4 heteroatoms. The van der Waals surface area contributed by atoms with Crippen LogP contribution in [0.25, 0.3) is 0 Å². The summed E-state index contributed by atoms with van der Waals surface area (Å²) in [6.07, 6.45) is 2.36. The van der Waals surface area contributed by atoms with Crippen LogP contribution in [0, 0.1) is 0 Å². The van der Waals surface area contributed by atoms with E-state index in [2.05, 4.69) is 5.32 Å². The van der Waals surface area contributed by atoms with E-state index in [1.807, 2.05) is 18.7 Å². The molecule has 0 radical (unpaired) electrons. The number of hydrogen-bond acceptors (Lipinski definition) is 4. The fraction of sp³-hybridized carbons (Fsp3) is 0.875. The summed E-state index contributed by atoms with van der Waals surface area (Å²) in [7, 11) is 0. The van der Waals surface area contributed by atoms with Gasteiger partial charge < -0.3 is 4.74 Å². The highest BCUT2D eigenvalue weighted by Crippen LogP contribution is 2.40. The van der Waals surface area contributed by atoms with Gasteiger partial charge >= 0.3 is 5.97 Å². The zero-order valence-electron chi connectivity index (χ0n) is 7.08. The average molecular weight is 187 g/mol. The molecule has 68 valence electrons. The van der Waals surface area contributed by atoms with Gasteiger partial charge in [0, 0.05) is 5.25 Å². The van der Waals surface area contributed by atoms with Gasteiger partial charge in [-0.25, -0.2) is 0 Å². The molecule has 0 saturated carbocycles. The summed E-state index contributed by atoms with van der Waals surface area (Å²) in [4.78, 5) is 11.3. The smallest absolute Gasteiger partial charge is 0.324 e. The lowest BCUT2D eigenvalue weighted by Gasteiger charge is -2.19. The first-order chi connectivity index (χ1) is 5.81. The predicted molar refractivity (Wildman–Crippen MR) is 48.0 cm³/mol. The van der Waals surface area contributed by atoms with Gasteiger partial charge in [0.25, 0.3) is 0 Å². The van der Waals surface area contributed by atoms with Gasteiger partial charge in [-0.3, -0.25) is 10.1 Å². The van der Waals surface area contributed by atoms with Crippen LogP contribution >= 0.6 is 11.8 Å². The fourth-order valence-electron chi connectivity index (χ4n) is 1.79. The molecule has 2 saturated heterocycles. The lowest BCUT2D eigenvalue weighted by Crippen LogP contribution is -2.44. The van der Waals surface area contributed by atoms with Gasteiger partial charge in [0.15, 0.2) is 0 Å². The Morgan fingerprint density at radius 1 is 1.67 bits per heavy atom. The maximum absolute atomic E-state index is 11.3. The van der Waals surface area contributed by atoms with Crippen LogP contribution in [-0.2, 0) is 9.53 Å². The molecule has 2 rings (SSSR count). The number of carbonyl (C=O) groups excluding carboxylic acids is 1. The number of piperidine rings is 1. The van der Waals surface area contributed by atoms with Gasteiger partial charge in [-0.1, -0.05) is 0 Å². The normalized spacial score (nSPS) is 38.6. The highest BCUT2D eigenvalue weighted by molar-refractivity contribution is 8.01. The average Bonchev–Trinajstić information content (AvgIpc) is 2.64. The van der Waals surface area contributed by atoms with Crippen LogP contribution in [0.15, 0.2) is 0 Å². The SMILES string of the molecule is CCOC(=O)[C@H]1N[C@@H]2CC[C@H]1S2. The molecular formula is C8H13NO2S. The molecule has 1 N–H and O–H groups in total. The summed E-state index contributed by atoms with van der Waals surface area (Å²) in [5.41, 5.74) is 0. The first-order valence-corrected chi connectivity index (χ1v) is 5.33. The number of ether oxygens (including phenoxy) is 1. The van der Waals surface area contributed by atoms with Crippen LogP contribution in [-0.4, -0.2) is 29.2 Å². The van der Waals surface area contributed by atoms with E-state index in [0.29, 0.717) is 17.2 Å². The highest BCUT2D eigenvalue weighted by atomic mass is 32.2.